The van der Waals surface area contributed by atoms with E-state index in [1.165, 1.54) is 0 Å². The van der Waals surface area contributed by atoms with Gasteiger partial charge in [-0.1, -0.05) is 12.1 Å². The molecule has 1 fully saturated rings. The van der Waals surface area contributed by atoms with Crippen LogP contribution in [-0.2, 0) is 4.74 Å². The minimum atomic E-state index is -0.341. The van der Waals surface area contributed by atoms with Crippen molar-refractivity contribution in [2.24, 2.45) is 5.84 Å². The number of likely N-dealkylation sites (tertiary alicyclic amines) is 1. The van der Waals surface area contributed by atoms with Crippen LogP contribution < -0.4 is 16.0 Å². The molecular formula is C15H23N3O3. The molecule has 21 heavy (non-hydrogen) atoms. The number of hydrogen-bond acceptors (Lipinski definition) is 5. The minimum Gasteiger partial charge on any atom is -0.491 e. The first-order valence-corrected chi connectivity index (χ1v) is 7.22. The number of methoxy groups -OCH3 is 1. The molecule has 1 heterocycles. The molecule has 0 unspecified atom stereocenters. The maximum absolute atomic E-state index is 11.6. The molecule has 1 saturated heterocycles. The monoisotopic (exact) mass is 293 g/mol. The van der Waals surface area contributed by atoms with Gasteiger partial charge in [0.25, 0.3) is 5.91 Å². The van der Waals surface area contributed by atoms with Crippen molar-refractivity contribution in [2.45, 2.75) is 18.9 Å². The highest BCUT2D eigenvalue weighted by Crippen LogP contribution is 2.18. The van der Waals surface area contributed by atoms with Crippen LogP contribution in [0.15, 0.2) is 24.3 Å². The smallest absolute Gasteiger partial charge is 0.268 e. The van der Waals surface area contributed by atoms with Crippen LogP contribution in [0.3, 0.4) is 0 Å². The fourth-order valence-electron chi connectivity index (χ4n) is 2.51. The van der Waals surface area contributed by atoms with E-state index < -0.39 is 0 Å². The topological polar surface area (TPSA) is 76.8 Å². The lowest BCUT2D eigenvalue weighted by Gasteiger charge is -2.31. The molecule has 0 aromatic heterocycles. The predicted octanol–water partition coefficient (Wildman–Crippen LogP) is 0.780. The Hall–Kier alpha value is -1.63. The van der Waals surface area contributed by atoms with Gasteiger partial charge in [-0.3, -0.25) is 15.1 Å². The molecule has 1 aromatic rings. The second kappa shape index (κ2) is 7.97. The number of carbonyl (C=O) groups excluding carboxylic acids is 1. The van der Waals surface area contributed by atoms with E-state index in [1.54, 1.807) is 25.3 Å². The van der Waals surface area contributed by atoms with Gasteiger partial charge in [0.2, 0.25) is 0 Å². The van der Waals surface area contributed by atoms with E-state index in [1.807, 2.05) is 6.07 Å². The molecule has 116 valence electrons. The lowest BCUT2D eigenvalue weighted by Crippen LogP contribution is -2.38. The van der Waals surface area contributed by atoms with Crippen molar-refractivity contribution in [1.29, 1.82) is 0 Å². The van der Waals surface area contributed by atoms with Crippen LogP contribution in [-0.4, -0.2) is 50.3 Å². The summed E-state index contributed by atoms with van der Waals surface area (Å²) in [5.74, 6) is 5.39. The highest BCUT2D eigenvalue weighted by molar-refractivity contribution is 5.96. The normalized spacial score (nSPS) is 16.7. The lowest BCUT2D eigenvalue weighted by molar-refractivity contribution is 0.0374. The van der Waals surface area contributed by atoms with Gasteiger partial charge in [-0.05, 0) is 25.0 Å². The molecule has 2 rings (SSSR count). The first kappa shape index (κ1) is 15.8. The average molecular weight is 293 g/mol. The number of nitrogen functional groups attached to an aromatic ring is 1. The van der Waals surface area contributed by atoms with Gasteiger partial charge >= 0.3 is 0 Å². The summed E-state index contributed by atoms with van der Waals surface area (Å²) in [5.41, 5.74) is 2.59. The van der Waals surface area contributed by atoms with E-state index in [9.17, 15) is 4.79 Å². The molecule has 1 aliphatic rings. The van der Waals surface area contributed by atoms with E-state index in [0.717, 1.165) is 32.5 Å². The second-order valence-electron chi connectivity index (χ2n) is 5.09. The highest BCUT2D eigenvalue weighted by atomic mass is 16.5. The van der Waals surface area contributed by atoms with Crippen LogP contribution in [0.2, 0.25) is 0 Å². The number of hydrazine groups is 1. The maximum Gasteiger partial charge on any atom is 0.268 e. The molecule has 0 bridgehead atoms. The minimum absolute atomic E-state index is 0.341. The number of benzene rings is 1. The molecule has 0 spiro atoms. The Morgan fingerprint density at radius 1 is 1.38 bits per heavy atom. The summed E-state index contributed by atoms with van der Waals surface area (Å²) in [7, 11) is 1.77. The van der Waals surface area contributed by atoms with Gasteiger partial charge in [-0.25, -0.2) is 5.84 Å². The molecule has 0 saturated carbocycles. The van der Waals surface area contributed by atoms with E-state index in [0.29, 0.717) is 24.0 Å². The van der Waals surface area contributed by atoms with Crippen LogP contribution in [0, 0.1) is 0 Å². The summed E-state index contributed by atoms with van der Waals surface area (Å²) >= 11 is 0. The SMILES string of the molecule is COC1CCN(CCOc2ccccc2C(=O)NN)CC1. The van der Waals surface area contributed by atoms with E-state index in [4.69, 9.17) is 15.3 Å². The van der Waals surface area contributed by atoms with Gasteiger partial charge in [-0.15, -0.1) is 0 Å². The van der Waals surface area contributed by atoms with Gasteiger partial charge in [-0.2, -0.15) is 0 Å². The molecule has 1 amide bonds. The number of nitrogens with zero attached hydrogens (tertiary/aromatic N) is 1. The second-order valence-corrected chi connectivity index (χ2v) is 5.09. The van der Waals surface area contributed by atoms with Gasteiger partial charge in [0, 0.05) is 26.7 Å². The maximum atomic E-state index is 11.6. The average Bonchev–Trinajstić information content (AvgIpc) is 2.55. The zero-order valence-corrected chi connectivity index (χ0v) is 12.4. The molecule has 0 radical (unpaired) electrons. The Labute approximate surface area is 125 Å². The number of carbonyl (C=O) groups is 1. The lowest BCUT2D eigenvalue weighted by atomic mass is 10.1. The molecular weight excluding hydrogens is 270 g/mol. The first-order chi connectivity index (χ1) is 10.2. The van der Waals surface area contributed by atoms with Crippen molar-refractivity contribution in [3.63, 3.8) is 0 Å². The number of rotatable bonds is 6. The van der Waals surface area contributed by atoms with Crippen LogP contribution in [0.25, 0.3) is 0 Å². The Kier molecular flexibility index (Phi) is 5.98. The standard InChI is InChI=1S/C15H23N3O3/c1-20-12-6-8-18(9-7-12)10-11-21-14-5-3-2-4-13(14)15(19)17-16/h2-5,12H,6-11,16H2,1H3,(H,17,19). The number of amides is 1. The predicted molar refractivity (Wildman–Crippen MR) is 80.1 cm³/mol. The van der Waals surface area contributed by atoms with E-state index >= 15 is 0 Å². The highest BCUT2D eigenvalue weighted by Gasteiger charge is 2.18. The summed E-state index contributed by atoms with van der Waals surface area (Å²) in [4.78, 5) is 14.0. The van der Waals surface area contributed by atoms with Gasteiger partial charge in [0.05, 0.1) is 11.7 Å². The fourth-order valence-corrected chi connectivity index (χ4v) is 2.51. The Balaban J connectivity index is 1.80. The van der Waals surface area contributed by atoms with Crippen LogP contribution in [0.5, 0.6) is 5.75 Å². The van der Waals surface area contributed by atoms with Gasteiger partial charge < -0.3 is 9.47 Å². The zero-order chi connectivity index (χ0) is 15.1. The van der Waals surface area contributed by atoms with Crippen molar-refractivity contribution >= 4 is 5.91 Å². The van der Waals surface area contributed by atoms with Crippen LogP contribution >= 0.6 is 0 Å². The molecule has 1 aliphatic heterocycles. The summed E-state index contributed by atoms with van der Waals surface area (Å²) < 4.78 is 11.1. The van der Waals surface area contributed by atoms with Crippen molar-refractivity contribution in [1.82, 2.24) is 10.3 Å². The number of piperidine rings is 1. The van der Waals surface area contributed by atoms with Crippen LogP contribution in [0.1, 0.15) is 23.2 Å². The molecule has 1 aromatic carbocycles. The molecule has 0 atom stereocenters. The summed E-state index contributed by atoms with van der Waals surface area (Å²) in [6.07, 6.45) is 2.50. The fraction of sp³-hybridized carbons (Fsp3) is 0.533. The quantitative estimate of drug-likeness (QED) is 0.460. The molecule has 6 nitrogen and oxygen atoms in total. The summed E-state index contributed by atoms with van der Waals surface area (Å²) in [6, 6.07) is 7.10. The summed E-state index contributed by atoms with van der Waals surface area (Å²) in [6.45, 7) is 3.43. The van der Waals surface area contributed by atoms with E-state index in [2.05, 4.69) is 10.3 Å². The van der Waals surface area contributed by atoms with E-state index in [-0.39, 0.29) is 5.91 Å². The Morgan fingerprint density at radius 2 is 2.10 bits per heavy atom. The Bertz CT molecular complexity index is 459. The third-order valence-electron chi connectivity index (χ3n) is 3.80. The third-order valence-corrected chi connectivity index (χ3v) is 3.80. The third kappa shape index (κ3) is 4.42. The van der Waals surface area contributed by atoms with Crippen LogP contribution in [0.4, 0.5) is 0 Å². The largest absolute Gasteiger partial charge is 0.491 e. The number of ether oxygens (including phenoxy) is 2. The summed E-state index contributed by atoms with van der Waals surface area (Å²) in [5, 5.41) is 0. The molecule has 0 aliphatic carbocycles. The van der Waals surface area contributed by atoms with Crippen molar-refractivity contribution < 1.29 is 14.3 Å². The van der Waals surface area contributed by atoms with Crippen molar-refractivity contribution in [3.8, 4) is 5.75 Å². The molecule has 6 heteroatoms. The number of hydrogen-bond donors (Lipinski definition) is 2. The molecule has 3 N–H and O–H groups in total. The number of nitrogens with one attached hydrogen (secondary N) is 1. The van der Waals surface area contributed by atoms with Gasteiger partial charge in [0.15, 0.2) is 0 Å². The van der Waals surface area contributed by atoms with Gasteiger partial charge in [0.1, 0.15) is 12.4 Å². The Morgan fingerprint density at radius 3 is 2.76 bits per heavy atom. The van der Waals surface area contributed by atoms with Crippen molar-refractivity contribution in [3.05, 3.63) is 29.8 Å². The first-order valence-electron chi connectivity index (χ1n) is 7.22. The van der Waals surface area contributed by atoms with Crippen molar-refractivity contribution in [2.75, 3.05) is 33.4 Å². The zero-order valence-electron chi connectivity index (χ0n) is 12.4. The number of nitrogens with two attached hydrogens (primary N) is 1. The number of para-hydroxylation sites is 1.